The molecule has 0 bridgehead atoms. The van der Waals surface area contributed by atoms with E-state index in [9.17, 15) is 8.78 Å². The molecule has 1 saturated carbocycles. The van der Waals surface area contributed by atoms with Crippen molar-refractivity contribution in [2.24, 2.45) is 11.8 Å². The molecule has 1 fully saturated rings. The summed E-state index contributed by atoms with van der Waals surface area (Å²) in [5.41, 5.74) is 3.47. The van der Waals surface area contributed by atoms with Crippen LogP contribution in [0.2, 0.25) is 0 Å². The van der Waals surface area contributed by atoms with Gasteiger partial charge in [-0.2, -0.15) is 0 Å². The standard InChI is InChI=1S/C15H22F2N2/c16-13-8-7-12(10-14(13)17)15(19-18)9-11-5-3-1-2-4-6-11/h7-8,10-11,15,19H,1-6,9,18H2. The number of nitrogens with one attached hydrogen (secondary N) is 1. The van der Waals surface area contributed by atoms with Crippen LogP contribution >= 0.6 is 0 Å². The number of rotatable bonds is 4. The predicted octanol–water partition coefficient (Wildman–Crippen LogP) is 3.83. The lowest BCUT2D eigenvalue weighted by Gasteiger charge is -2.22. The smallest absolute Gasteiger partial charge is 0.159 e. The highest BCUT2D eigenvalue weighted by atomic mass is 19.2. The van der Waals surface area contributed by atoms with Crippen molar-refractivity contribution in [2.75, 3.05) is 0 Å². The number of halogens is 2. The van der Waals surface area contributed by atoms with E-state index in [0.717, 1.165) is 12.0 Å². The lowest BCUT2D eigenvalue weighted by atomic mass is 9.90. The topological polar surface area (TPSA) is 38.0 Å². The van der Waals surface area contributed by atoms with Crippen molar-refractivity contribution < 1.29 is 8.78 Å². The van der Waals surface area contributed by atoms with Crippen LogP contribution in [-0.2, 0) is 0 Å². The van der Waals surface area contributed by atoms with Crippen molar-refractivity contribution in [1.82, 2.24) is 5.43 Å². The van der Waals surface area contributed by atoms with Crippen LogP contribution < -0.4 is 11.3 Å². The van der Waals surface area contributed by atoms with Crippen LogP contribution in [0.4, 0.5) is 8.78 Å². The van der Waals surface area contributed by atoms with E-state index in [1.165, 1.54) is 50.7 Å². The maximum absolute atomic E-state index is 13.3. The fourth-order valence-corrected chi connectivity index (χ4v) is 2.96. The second-order valence-electron chi connectivity index (χ2n) is 5.49. The van der Waals surface area contributed by atoms with Crippen LogP contribution in [0.1, 0.15) is 56.6 Å². The Labute approximate surface area is 113 Å². The zero-order valence-corrected chi connectivity index (χ0v) is 11.2. The van der Waals surface area contributed by atoms with Gasteiger partial charge >= 0.3 is 0 Å². The Balaban J connectivity index is 2.03. The summed E-state index contributed by atoms with van der Waals surface area (Å²) < 4.78 is 26.2. The molecule has 1 aromatic rings. The molecule has 0 spiro atoms. The Morgan fingerprint density at radius 3 is 2.37 bits per heavy atom. The first-order chi connectivity index (χ1) is 9.20. The highest BCUT2D eigenvalue weighted by Gasteiger charge is 2.19. The van der Waals surface area contributed by atoms with Gasteiger partial charge < -0.3 is 0 Å². The molecule has 0 aliphatic heterocycles. The van der Waals surface area contributed by atoms with Gasteiger partial charge in [-0.1, -0.05) is 44.6 Å². The van der Waals surface area contributed by atoms with Crippen molar-refractivity contribution in [3.8, 4) is 0 Å². The zero-order valence-electron chi connectivity index (χ0n) is 11.2. The summed E-state index contributed by atoms with van der Waals surface area (Å²) >= 11 is 0. The molecule has 0 amide bonds. The fraction of sp³-hybridized carbons (Fsp3) is 0.600. The Morgan fingerprint density at radius 2 is 1.79 bits per heavy atom. The van der Waals surface area contributed by atoms with E-state index < -0.39 is 11.6 Å². The second-order valence-corrected chi connectivity index (χ2v) is 5.49. The molecule has 106 valence electrons. The van der Waals surface area contributed by atoms with Gasteiger partial charge in [0, 0.05) is 6.04 Å². The van der Waals surface area contributed by atoms with Crippen LogP contribution in [0, 0.1) is 17.6 Å². The predicted molar refractivity (Wildman–Crippen MR) is 72.2 cm³/mol. The highest BCUT2D eigenvalue weighted by molar-refractivity contribution is 5.21. The van der Waals surface area contributed by atoms with Gasteiger partial charge in [0.25, 0.3) is 0 Å². The minimum absolute atomic E-state index is 0.0989. The third kappa shape index (κ3) is 3.98. The molecule has 0 radical (unpaired) electrons. The minimum Gasteiger partial charge on any atom is -0.271 e. The summed E-state index contributed by atoms with van der Waals surface area (Å²) in [6, 6.07) is 3.93. The van der Waals surface area contributed by atoms with Gasteiger partial charge in [0.05, 0.1) is 0 Å². The van der Waals surface area contributed by atoms with Crippen molar-refractivity contribution in [3.05, 3.63) is 35.4 Å². The molecule has 0 saturated heterocycles. The van der Waals surface area contributed by atoms with E-state index in [0.29, 0.717) is 5.92 Å². The van der Waals surface area contributed by atoms with E-state index in [1.807, 2.05) is 0 Å². The van der Waals surface area contributed by atoms with Crippen LogP contribution in [0.25, 0.3) is 0 Å². The Kier molecular flexibility index (Phi) is 5.28. The van der Waals surface area contributed by atoms with Crippen LogP contribution in [0.5, 0.6) is 0 Å². The molecule has 4 heteroatoms. The molecular weight excluding hydrogens is 246 g/mol. The van der Waals surface area contributed by atoms with Gasteiger partial charge in [-0.3, -0.25) is 11.3 Å². The normalized spacial score (nSPS) is 19.1. The van der Waals surface area contributed by atoms with Gasteiger partial charge in [-0.05, 0) is 30.0 Å². The summed E-state index contributed by atoms with van der Waals surface area (Å²) in [5.74, 6) is 4.59. The SMILES string of the molecule is NNC(CC1CCCCCC1)c1ccc(F)c(F)c1. The summed E-state index contributed by atoms with van der Waals surface area (Å²) in [7, 11) is 0. The maximum atomic E-state index is 13.3. The molecule has 2 nitrogen and oxygen atoms in total. The van der Waals surface area contributed by atoms with Crippen LogP contribution in [0.15, 0.2) is 18.2 Å². The van der Waals surface area contributed by atoms with Gasteiger partial charge in [0.1, 0.15) is 0 Å². The average Bonchev–Trinajstić information content (AvgIpc) is 2.68. The Hall–Kier alpha value is -1.00. The summed E-state index contributed by atoms with van der Waals surface area (Å²) in [6.45, 7) is 0. The van der Waals surface area contributed by atoms with E-state index in [-0.39, 0.29) is 6.04 Å². The third-order valence-corrected chi connectivity index (χ3v) is 4.09. The summed E-state index contributed by atoms with van der Waals surface area (Å²) in [5, 5.41) is 0. The molecule has 19 heavy (non-hydrogen) atoms. The maximum Gasteiger partial charge on any atom is 0.159 e. The molecule has 1 aromatic carbocycles. The summed E-state index contributed by atoms with van der Waals surface area (Å²) in [4.78, 5) is 0. The van der Waals surface area contributed by atoms with Gasteiger partial charge in [0.15, 0.2) is 11.6 Å². The van der Waals surface area contributed by atoms with Crippen molar-refractivity contribution in [1.29, 1.82) is 0 Å². The molecule has 1 unspecified atom stereocenters. The van der Waals surface area contributed by atoms with Crippen molar-refractivity contribution >= 4 is 0 Å². The zero-order chi connectivity index (χ0) is 13.7. The molecule has 3 N–H and O–H groups in total. The van der Waals surface area contributed by atoms with Crippen molar-refractivity contribution in [2.45, 2.75) is 51.0 Å². The molecule has 1 atom stereocenters. The first-order valence-corrected chi connectivity index (χ1v) is 7.12. The first-order valence-electron chi connectivity index (χ1n) is 7.12. The summed E-state index contributed by atoms with van der Waals surface area (Å²) in [6.07, 6.45) is 8.45. The largest absolute Gasteiger partial charge is 0.271 e. The molecule has 0 aromatic heterocycles. The fourth-order valence-electron chi connectivity index (χ4n) is 2.96. The minimum atomic E-state index is -0.811. The number of hydrazine groups is 1. The van der Waals surface area contributed by atoms with E-state index in [4.69, 9.17) is 5.84 Å². The van der Waals surface area contributed by atoms with Gasteiger partial charge in [-0.25, -0.2) is 8.78 Å². The second kappa shape index (κ2) is 6.96. The quantitative estimate of drug-likeness (QED) is 0.495. The van der Waals surface area contributed by atoms with E-state index >= 15 is 0 Å². The number of benzene rings is 1. The van der Waals surface area contributed by atoms with Gasteiger partial charge in [0.2, 0.25) is 0 Å². The molecule has 1 aliphatic rings. The molecule has 2 rings (SSSR count). The van der Waals surface area contributed by atoms with E-state index in [2.05, 4.69) is 5.43 Å². The number of nitrogens with two attached hydrogens (primary N) is 1. The third-order valence-electron chi connectivity index (χ3n) is 4.09. The van der Waals surface area contributed by atoms with E-state index in [1.54, 1.807) is 6.07 Å². The van der Waals surface area contributed by atoms with Crippen molar-refractivity contribution in [3.63, 3.8) is 0 Å². The van der Waals surface area contributed by atoms with Crippen LogP contribution in [0.3, 0.4) is 0 Å². The molecular formula is C15H22F2N2. The Morgan fingerprint density at radius 1 is 1.11 bits per heavy atom. The molecule has 0 heterocycles. The molecule has 1 aliphatic carbocycles. The first kappa shape index (κ1) is 14.4. The monoisotopic (exact) mass is 268 g/mol. The lowest BCUT2D eigenvalue weighted by molar-refractivity contribution is 0.358. The van der Waals surface area contributed by atoms with Gasteiger partial charge in [-0.15, -0.1) is 0 Å². The van der Waals surface area contributed by atoms with Crippen LogP contribution in [-0.4, -0.2) is 0 Å². The number of hydrogen-bond donors (Lipinski definition) is 2. The Bertz CT molecular complexity index is 401. The average molecular weight is 268 g/mol. The number of hydrogen-bond acceptors (Lipinski definition) is 2. The highest BCUT2D eigenvalue weighted by Crippen LogP contribution is 2.31. The lowest BCUT2D eigenvalue weighted by Crippen LogP contribution is -2.29.